The Kier molecular flexibility index (Phi) is 6.51. The Hall–Kier alpha value is -0.692. The quantitative estimate of drug-likeness (QED) is 0.439. The van der Waals surface area contributed by atoms with Crippen LogP contribution in [-0.4, -0.2) is 29.4 Å². The smallest absolute Gasteiger partial charge is 0.0676 e. The molecule has 0 amide bonds. The van der Waals surface area contributed by atoms with E-state index in [1.165, 1.54) is 12.8 Å². The van der Waals surface area contributed by atoms with Crippen molar-refractivity contribution in [2.24, 2.45) is 0 Å². The molecule has 0 nitrogen and oxygen atoms in total. The van der Waals surface area contributed by atoms with Crippen molar-refractivity contribution in [3.63, 3.8) is 0 Å². The van der Waals surface area contributed by atoms with Gasteiger partial charge in [0.1, 0.15) is 0 Å². The third kappa shape index (κ3) is 3.42. The molecule has 2 fully saturated rings. The summed E-state index contributed by atoms with van der Waals surface area (Å²) >= 11 is 0. The first-order valence-electron chi connectivity index (χ1n) is 12.5. The number of hydrogen-bond donors (Lipinski definition) is 0. The molecule has 2 heterocycles. The Morgan fingerprint density at radius 2 is 0.767 bits per heavy atom. The van der Waals surface area contributed by atoms with Gasteiger partial charge in [0.25, 0.3) is 0 Å². The first kappa shape index (κ1) is 22.5. The lowest BCUT2D eigenvalue weighted by Gasteiger charge is -2.61. The van der Waals surface area contributed by atoms with Crippen molar-refractivity contribution in [2.45, 2.75) is 88.9 Å². The zero-order valence-corrected chi connectivity index (χ0v) is 23.8. The van der Waals surface area contributed by atoms with Crippen molar-refractivity contribution < 1.29 is 0 Å². The number of benzene rings is 2. The van der Waals surface area contributed by atoms with E-state index in [2.05, 4.69) is 86.9 Å². The second-order valence-electron chi connectivity index (χ2n) is 11.3. The molecule has 0 N–H and O–H groups in total. The molecular formula is C26H42Si4. The van der Waals surface area contributed by atoms with E-state index in [0.29, 0.717) is 0 Å². The average Bonchev–Trinajstić information content (AvgIpc) is 3.08. The van der Waals surface area contributed by atoms with Crippen LogP contribution < -0.4 is 10.4 Å². The summed E-state index contributed by atoms with van der Waals surface area (Å²) in [7, 11) is -5.81. The largest absolute Gasteiger partial charge is 0.0716 e. The standard InChI is InChI=1S/C26H42Si4/c1-27(2,25-17-9-5-10-18-25)29-21-13-7-15-23-30(29,24-16-8-14-22-29)28(3,4)26-19-11-6-12-20-26/h5-6,9-12,17-20H,7-8,13-16,21-24H2,1-4H3. The van der Waals surface area contributed by atoms with Gasteiger partial charge < -0.3 is 0 Å². The lowest BCUT2D eigenvalue weighted by Crippen LogP contribution is -2.87. The van der Waals surface area contributed by atoms with Crippen molar-refractivity contribution in [2.75, 3.05) is 0 Å². The van der Waals surface area contributed by atoms with Crippen LogP contribution in [0.2, 0.25) is 50.4 Å². The third-order valence-corrected chi connectivity index (χ3v) is 74.4. The van der Waals surface area contributed by atoms with Gasteiger partial charge in [-0.05, 0) is 0 Å². The molecule has 0 atom stereocenters. The lowest BCUT2D eigenvalue weighted by molar-refractivity contribution is 0.743. The molecule has 4 heteroatoms. The molecule has 0 saturated carbocycles. The van der Waals surface area contributed by atoms with E-state index in [4.69, 9.17) is 0 Å². The molecule has 0 unspecified atom stereocenters. The first-order valence-corrected chi connectivity index (χ1v) is 26.3. The van der Waals surface area contributed by atoms with Crippen LogP contribution in [-0.2, 0) is 0 Å². The summed E-state index contributed by atoms with van der Waals surface area (Å²) in [6.45, 7) is 11.4. The maximum atomic E-state index is 2.85. The van der Waals surface area contributed by atoms with Gasteiger partial charge in [0, 0.05) is 14.2 Å². The van der Waals surface area contributed by atoms with Crippen LogP contribution in [0.25, 0.3) is 0 Å². The molecule has 4 rings (SSSR count). The Balaban J connectivity index is 1.98. The van der Waals surface area contributed by atoms with Gasteiger partial charge in [0.15, 0.2) is 0 Å². The van der Waals surface area contributed by atoms with E-state index in [9.17, 15) is 0 Å². The molecule has 0 aromatic heterocycles. The number of fused-ring (bicyclic) bond motifs is 1. The highest BCUT2D eigenvalue weighted by atomic mass is 29.8. The summed E-state index contributed by atoms with van der Waals surface area (Å²) in [5.74, 6) is 0. The Bertz CT molecular complexity index is 745. The predicted molar refractivity (Wildman–Crippen MR) is 146 cm³/mol. The second-order valence-corrected chi connectivity index (χ2v) is 47.2. The summed E-state index contributed by atoms with van der Waals surface area (Å²) in [6.07, 6.45) is 9.21. The highest BCUT2D eigenvalue weighted by Crippen LogP contribution is 2.51. The van der Waals surface area contributed by atoms with Gasteiger partial charge in [-0.1, -0.05) is 160 Å². The van der Waals surface area contributed by atoms with Crippen LogP contribution in [0.3, 0.4) is 0 Å². The van der Waals surface area contributed by atoms with E-state index in [0.717, 1.165) is 0 Å². The minimum atomic E-state index is -1.51. The Morgan fingerprint density at radius 3 is 1.07 bits per heavy atom. The van der Waals surface area contributed by atoms with E-state index in [-0.39, 0.29) is 0 Å². The first-order chi connectivity index (χ1) is 14.4. The van der Waals surface area contributed by atoms with Gasteiger partial charge in [0.2, 0.25) is 0 Å². The number of rotatable bonds is 4. The number of hydrogen-bond acceptors (Lipinski definition) is 0. The maximum absolute atomic E-state index is 2.85. The third-order valence-electron chi connectivity index (χ3n) is 9.71. The maximum Gasteiger partial charge on any atom is 0.0716 e. The minimum Gasteiger partial charge on any atom is -0.0676 e. The van der Waals surface area contributed by atoms with Gasteiger partial charge in [-0.2, -0.15) is 0 Å². The molecule has 0 radical (unpaired) electrons. The molecule has 0 spiro atoms. The van der Waals surface area contributed by atoms with Crippen molar-refractivity contribution in [3.8, 4) is 0 Å². The van der Waals surface area contributed by atoms with E-state index in [1.807, 2.05) is 0 Å². The summed E-state index contributed by atoms with van der Waals surface area (Å²) in [4.78, 5) is 0. The fraction of sp³-hybridized carbons (Fsp3) is 0.538. The average molecular weight is 467 g/mol. The van der Waals surface area contributed by atoms with E-state index in [1.54, 1.807) is 60.2 Å². The predicted octanol–water partition coefficient (Wildman–Crippen LogP) is 6.72. The molecule has 2 aromatic rings. The molecule has 162 valence electrons. The van der Waals surface area contributed by atoms with Gasteiger partial charge in [-0.25, -0.2) is 0 Å². The van der Waals surface area contributed by atoms with Crippen molar-refractivity contribution >= 4 is 39.8 Å². The molecule has 30 heavy (non-hydrogen) atoms. The summed E-state index contributed by atoms with van der Waals surface area (Å²) in [5.41, 5.74) is 0. The van der Waals surface area contributed by atoms with E-state index >= 15 is 0 Å². The fourth-order valence-corrected chi connectivity index (χ4v) is 96.3. The van der Waals surface area contributed by atoms with Crippen molar-refractivity contribution in [1.29, 1.82) is 0 Å². The fourth-order valence-electron chi connectivity index (χ4n) is 7.98. The van der Waals surface area contributed by atoms with Gasteiger partial charge in [-0.15, -0.1) is 0 Å². The van der Waals surface area contributed by atoms with Crippen LogP contribution >= 0.6 is 0 Å². The molecular weight excluding hydrogens is 425 g/mol. The molecule has 2 aliphatic heterocycles. The molecule has 0 aliphatic carbocycles. The SMILES string of the molecule is C[Si](C)(c1ccccc1)[Si]12CCCCC[Si]1([Si](C)(C)c1ccccc1)CCCCC2. The van der Waals surface area contributed by atoms with Crippen LogP contribution in [0.1, 0.15) is 38.5 Å². The molecule has 2 aromatic carbocycles. The van der Waals surface area contributed by atoms with Crippen molar-refractivity contribution in [1.82, 2.24) is 0 Å². The van der Waals surface area contributed by atoms with Crippen molar-refractivity contribution in [3.05, 3.63) is 60.7 Å². The van der Waals surface area contributed by atoms with E-state index < -0.39 is 29.4 Å². The van der Waals surface area contributed by atoms with Crippen LogP contribution in [0, 0.1) is 0 Å². The Labute approximate surface area is 188 Å². The van der Waals surface area contributed by atoms with Gasteiger partial charge in [-0.3, -0.25) is 0 Å². The lowest BCUT2D eigenvalue weighted by atomic mass is 10.3. The summed E-state index contributed by atoms with van der Waals surface area (Å²) < 4.78 is 0. The highest BCUT2D eigenvalue weighted by Gasteiger charge is 2.68. The monoisotopic (exact) mass is 466 g/mol. The molecule has 2 aliphatic rings. The zero-order valence-electron chi connectivity index (χ0n) is 19.8. The molecule has 2 saturated heterocycles. The highest BCUT2D eigenvalue weighted by molar-refractivity contribution is 7.86. The summed E-state index contributed by atoms with van der Waals surface area (Å²) in [5, 5.41) is 3.60. The van der Waals surface area contributed by atoms with Gasteiger partial charge >= 0.3 is 0 Å². The van der Waals surface area contributed by atoms with Crippen LogP contribution in [0.5, 0.6) is 0 Å². The minimum absolute atomic E-state index is 1.40. The topological polar surface area (TPSA) is 0 Å². The van der Waals surface area contributed by atoms with Crippen LogP contribution in [0.4, 0.5) is 0 Å². The zero-order chi connectivity index (χ0) is 21.3. The normalized spacial score (nSPS) is 28.3. The molecule has 0 bridgehead atoms. The Morgan fingerprint density at radius 1 is 0.467 bits per heavy atom. The second kappa shape index (κ2) is 8.68. The summed E-state index contributed by atoms with van der Waals surface area (Å²) in [6, 6.07) is 30.7. The van der Waals surface area contributed by atoms with Gasteiger partial charge in [0.05, 0.1) is 15.2 Å². The van der Waals surface area contributed by atoms with Crippen LogP contribution in [0.15, 0.2) is 60.7 Å².